The third-order valence-electron chi connectivity index (χ3n) is 4.57. The quantitative estimate of drug-likeness (QED) is 0.312. The van der Waals surface area contributed by atoms with Gasteiger partial charge in [0.05, 0.1) is 6.61 Å². The van der Waals surface area contributed by atoms with Gasteiger partial charge < -0.3 is 23.7 Å². The summed E-state index contributed by atoms with van der Waals surface area (Å²) in [5.41, 5.74) is 0. The lowest BCUT2D eigenvalue weighted by molar-refractivity contribution is -0.233. The molecule has 0 aromatic rings. The van der Waals surface area contributed by atoms with Gasteiger partial charge in [-0.1, -0.05) is 27.7 Å². The number of hydrogen-bond donors (Lipinski definition) is 0. The smallest absolute Gasteiger partial charge is 0.306 e. The summed E-state index contributed by atoms with van der Waals surface area (Å²) in [7, 11) is 0. The molecule has 0 spiro atoms. The van der Waals surface area contributed by atoms with Gasteiger partial charge in [0.2, 0.25) is 0 Å². The van der Waals surface area contributed by atoms with E-state index >= 15 is 0 Å². The summed E-state index contributed by atoms with van der Waals surface area (Å²) < 4.78 is 27.6. The van der Waals surface area contributed by atoms with Crippen molar-refractivity contribution in [1.82, 2.24) is 0 Å². The predicted molar refractivity (Wildman–Crippen MR) is 110 cm³/mol. The third kappa shape index (κ3) is 9.67. The SMILES string of the molecule is CCCC(=O)OC[C@H]1OC[C@@H](OC(=O)CCC)[C@@H](OC(=O)CCC)[C@@H]1OC(=O)CCC. The van der Waals surface area contributed by atoms with E-state index in [0.29, 0.717) is 25.7 Å². The Morgan fingerprint density at radius 1 is 0.677 bits per heavy atom. The van der Waals surface area contributed by atoms with Gasteiger partial charge in [0.25, 0.3) is 0 Å². The topological polar surface area (TPSA) is 114 Å². The molecule has 1 fully saturated rings. The minimum absolute atomic E-state index is 0.0721. The lowest BCUT2D eigenvalue weighted by Gasteiger charge is -2.40. The summed E-state index contributed by atoms with van der Waals surface area (Å²) >= 11 is 0. The van der Waals surface area contributed by atoms with Crippen molar-refractivity contribution in [2.75, 3.05) is 13.2 Å². The maximum Gasteiger partial charge on any atom is 0.306 e. The van der Waals surface area contributed by atoms with Gasteiger partial charge in [-0.05, 0) is 25.7 Å². The van der Waals surface area contributed by atoms with Crippen LogP contribution in [0, 0.1) is 0 Å². The molecule has 0 unspecified atom stereocenters. The van der Waals surface area contributed by atoms with Gasteiger partial charge in [0, 0.05) is 25.7 Å². The van der Waals surface area contributed by atoms with Gasteiger partial charge >= 0.3 is 23.9 Å². The first-order chi connectivity index (χ1) is 14.9. The van der Waals surface area contributed by atoms with Crippen molar-refractivity contribution in [3.63, 3.8) is 0 Å². The molecule has 9 heteroatoms. The van der Waals surface area contributed by atoms with Crippen molar-refractivity contribution in [3.05, 3.63) is 0 Å². The van der Waals surface area contributed by atoms with Crippen LogP contribution < -0.4 is 0 Å². The van der Waals surface area contributed by atoms with E-state index in [2.05, 4.69) is 0 Å². The highest BCUT2D eigenvalue weighted by Crippen LogP contribution is 2.26. The second kappa shape index (κ2) is 14.8. The first-order valence-electron chi connectivity index (χ1n) is 11.2. The van der Waals surface area contributed by atoms with Crippen molar-refractivity contribution in [2.45, 2.75) is 103 Å². The number of ether oxygens (including phenoxy) is 5. The fourth-order valence-corrected chi connectivity index (χ4v) is 3.07. The van der Waals surface area contributed by atoms with E-state index in [9.17, 15) is 19.2 Å². The van der Waals surface area contributed by atoms with E-state index in [-0.39, 0.29) is 38.9 Å². The van der Waals surface area contributed by atoms with E-state index in [0.717, 1.165) is 0 Å². The van der Waals surface area contributed by atoms with E-state index in [1.54, 1.807) is 0 Å². The molecule has 178 valence electrons. The Hall–Kier alpha value is -2.16. The van der Waals surface area contributed by atoms with Crippen LogP contribution in [0.15, 0.2) is 0 Å². The molecule has 1 saturated heterocycles. The maximum atomic E-state index is 12.3. The molecule has 0 aromatic carbocycles. The molecule has 4 atom stereocenters. The Balaban J connectivity index is 3.08. The number of carbonyl (C=O) groups excluding carboxylic acids is 4. The average molecular weight is 445 g/mol. The van der Waals surface area contributed by atoms with Crippen LogP contribution in [0.3, 0.4) is 0 Å². The Labute approximate surface area is 184 Å². The molecule has 1 aliphatic heterocycles. The van der Waals surface area contributed by atoms with Crippen molar-refractivity contribution >= 4 is 23.9 Å². The van der Waals surface area contributed by atoms with Gasteiger partial charge in [-0.25, -0.2) is 0 Å². The van der Waals surface area contributed by atoms with Crippen LogP contribution in [0.2, 0.25) is 0 Å². The molecule has 9 nitrogen and oxygen atoms in total. The van der Waals surface area contributed by atoms with Crippen molar-refractivity contribution in [1.29, 1.82) is 0 Å². The highest BCUT2D eigenvalue weighted by atomic mass is 16.7. The van der Waals surface area contributed by atoms with Gasteiger partial charge in [0.1, 0.15) is 12.7 Å². The van der Waals surface area contributed by atoms with Crippen LogP contribution in [0.4, 0.5) is 0 Å². The summed E-state index contributed by atoms with van der Waals surface area (Å²) in [5.74, 6) is -1.86. The molecule has 0 N–H and O–H groups in total. The van der Waals surface area contributed by atoms with Crippen LogP contribution in [0.25, 0.3) is 0 Å². The Morgan fingerprint density at radius 2 is 1.13 bits per heavy atom. The highest BCUT2D eigenvalue weighted by Gasteiger charge is 2.47. The van der Waals surface area contributed by atoms with E-state index in [1.807, 2.05) is 27.7 Å². The molecule has 0 saturated carbocycles. The molecule has 0 bridgehead atoms. The van der Waals surface area contributed by atoms with E-state index in [1.165, 1.54) is 0 Å². The fourth-order valence-electron chi connectivity index (χ4n) is 3.07. The van der Waals surface area contributed by atoms with E-state index < -0.39 is 48.3 Å². The summed E-state index contributed by atoms with van der Waals surface area (Å²) in [5, 5.41) is 0. The van der Waals surface area contributed by atoms with Crippen molar-refractivity contribution in [2.24, 2.45) is 0 Å². The summed E-state index contributed by atoms with van der Waals surface area (Å²) in [6.07, 6.45) is -0.755. The largest absolute Gasteiger partial charge is 0.463 e. The first-order valence-corrected chi connectivity index (χ1v) is 11.2. The molecule has 0 radical (unpaired) electrons. The lowest BCUT2D eigenvalue weighted by atomic mass is 9.99. The Bertz CT molecular complexity index is 590. The first kappa shape index (κ1) is 26.9. The fraction of sp³-hybridized carbons (Fsp3) is 0.818. The predicted octanol–water partition coefficient (Wildman–Crippen LogP) is 2.86. The number of rotatable bonds is 13. The highest BCUT2D eigenvalue weighted by molar-refractivity contribution is 5.72. The summed E-state index contributed by atoms with van der Waals surface area (Å²) in [6, 6.07) is 0. The molecule has 0 aromatic heterocycles. The summed E-state index contributed by atoms with van der Waals surface area (Å²) in [6.45, 7) is 7.12. The lowest BCUT2D eigenvalue weighted by Crippen LogP contribution is -2.59. The molecule has 1 aliphatic rings. The Kier molecular flexibility index (Phi) is 12.8. The number of hydrogen-bond acceptors (Lipinski definition) is 9. The van der Waals surface area contributed by atoms with Crippen molar-refractivity contribution < 1.29 is 42.9 Å². The summed E-state index contributed by atoms with van der Waals surface area (Å²) in [4.78, 5) is 48.4. The zero-order valence-corrected chi connectivity index (χ0v) is 19.1. The second-order valence-electron chi connectivity index (χ2n) is 7.49. The van der Waals surface area contributed by atoms with Crippen LogP contribution in [-0.4, -0.2) is 61.5 Å². The molecular weight excluding hydrogens is 408 g/mol. The van der Waals surface area contributed by atoms with Gasteiger partial charge in [-0.3, -0.25) is 19.2 Å². The number of carbonyl (C=O) groups is 4. The second-order valence-corrected chi connectivity index (χ2v) is 7.49. The van der Waals surface area contributed by atoms with Crippen molar-refractivity contribution in [3.8, 4) is 0 Å². The monoisotopic (exact) mass is 444 g/mol. The molecule has 0 amide bonds. The zero-order valence-electron chi connectivity index (χ0n) is 19.1. The van der Waals surface area contributed by atoms with E-state index in [4.69, 9.17) is 23.7 Å². The van der Waals surface area contributed by atoms with Gasteiger partial charge in [-0.2, -0.15) is 0 Å². The number of esters is 4. The minimum Gasteiger partial charge on any atom is -0.463 e. The van der Waals surface area contributed by atoms with Gasteiger partial charge in [-0.15, -0.1) is 0 Å². The molecular formula is C22H36O9. The minimum atomic E-state index is -1.07. The van der Waals surface area contributed by atoms with Crippen LogP contribution in [0.1, 0.15) is 79.1 Å². The zero-order chi connectivity index (χ0) is 23.2. The van der Waals surface area contributed by atoms with Crippen LogP contribution in [-0.2, 0) is 42.9 Å². The third-order valence-corrected chi connectivity index (χ3v) is 4.57. The maximum absolute atomic E-state index is 12.3. The molecule has 1 heterocycles. The van der Waals surface area contributed by atoms with Gasteiger partial charge in [0.15, 0.2) is 18.3 Å². The Morgan fingerprint density at radius 3 is 1.65 bits per heavy atom. The molecule has 0 aliphatic carbocycles. The molecule has 31 heavy (non-hydrogen) atoms. The molecule has 1 rings (SSSR count). The average Bonchev–Trinajstić information content (AvgIpc) is 2.70. The van der Waals surface area contributed by atoms with Crippen LogP contribution >= 0.6 is 0 Å². The normalized spacial score (nSPS) is 23.0. The standard InChI is InChI=1S/C22H36O9/c1-5-9-17(23)28-13-15-21(30-19(25)11-7-3)22(31-20(26)12-8-4)16(14-27-15)29-18(24)10-6-2/h15-16,21-22H,5-14H2,1-4H3/t15-,16-,21-,22-/m1/s1. The van der Waals surface area contributed by atoms with Crippen LogP contribution in [0.5, 0.6) is 0 Å².